The first kappa shape index (κ1) is 21.9. The summed E-state index contributed by atoms with van der Waals surface area (Å²) in [6.07, 6.45) is 2.16. The summed E-state index contributed by atoms with van der Waals surface area (Å²) in [4.78, 5) is 7.37. The second-order valence-corrected chi connectivity index (χ2v) is 10.2. The zero-order chi connectivity index (χ0) is 25.3. The quantitative estimate of drug-likeness (QED) is 0.234. The third-order valence-electron chi connectivity index (χ3n) is 8.14. The lowest BCUT2D eigenvalue weighted by Crippen LogP contribution is -2.21. The fourth-order valence-corrected chi connectivity index (χ4v) is 6.27. The maximum absolute atomic E-state index is 4.87. The van der Waals surface area contributed by atoms with Crippen LogP contribution in [0.2, 0.25) is 0 Å². The number of nitrogens with zero attached hydrogens (tertiary/aromatic N) is 3. The van der Waals surface area contributed by atoms with Crippen molar-refractivity contribution in [3.63, 3.8) is 0 Å². The molecule has 0 saturated carbocycles. The Morgan fingerprint density at radius 2 is 1.11 bits per heavy atom. The average Bonchev–Trinajstić information content (AvgIpc) is 3.23. The molecule has 1 atom stereocenters. The molecule has 0 spiro atoms. The molecule has 1 aliphatic heterocycles. The maximum Gasteiger partial charge on any atom is 0.108 e. The lowest BCUT2D eigenvalue weighted by Gasteiger charge is -2.28. The maximum atomic E-state index is 4.87. The van der Waals surface area contributed by atoms with Crippen LogP contribution in [0.15, 0.2) is 97.2 Å². The molecule has 0 aliphatic carbocycles. The Bertz CT molecular complexity index is 1940. The Hall–Kier alpha value is -4.37. The average molecular weight is 480 g/mol. The molecule has 37 heavy (non-hydrogen) atoms. The third-order valence-corrected chi connectivity index (χ3v) is 8.14. The number of anilines is 2. The first-order chi connectivity index (χ1) is 18.1. The van der Waals surface area contributed by atoms with Crippen molar-refractivity contribution in [2.45, 2.75) is 33.9 Å². The number of para-hydroxylation sites is 2. The number of rotatable bonds is 1. The summed E-state index contributed by atoms with van der Waals surface area (Å²) < 4.78 is 2.56. The van der Waals surface area contributed by atoms with Gasteiger partial charge in [0.2, 0.25) is 0 Å². The van der Waals surface area contributed by atoms with Gasteiger partial charge in [0.05, 0.1) is 16.7 Å². The van der Waals surface area contributed by atoms with Gasteiger partial charge >= 0.3 is 0 Å². The van der Waals surface area contributed by atoms with E-state index >= 15 is 0 Å². The van der Waals surface area contributed by atoms with Crippen molar-refractivity contribution in [1.82, 2.24) is 9.55 Å². The Morgan fingerprint density at radius 1 is 0.568 bits per heavy atom. The number of pyridine rings is 1. The SMILES string of the molecule is Cc1ccccc1N1c2cccc3c4ccccc4c4ccccc4c4cnc(C)c(C)c4n(c23)[C@@H]1C. The summed E-state index contributed by atoms with van der Waals surface area (Å²) in [7, 11) is 0. The van der Waals surface area contributed by atoms with Gasteiger partial charge < -0.3 is 9.47 Å². The molecule has 0 radical (unpaired) electrons. The van der Waals surface area contributed by atoms with Gasteiger partial charge in [-0.25, -0.2) is 0 Å². The van der Waals surface area contributed by atoms with Crippen LogP contribution in [0.25, 0.3) is 43.4 Å². The summed E-state index contributed by atoms with van der Waals surface area (Å²) in [5, 5.41) is 7.40. The smallest absolute Gasteiger partial charge is 0.108 e. The molecule has 0 bridgehead atoms. The van der Waals surface area contributed by atoms with Crippen LogP contribution in [0.3, 0.4) is 0 Å². The van der Waals surface area contributed by atoms with E-state index in [0.717, 1.165) is 5.69 Å². The Kier molecular flexibility index (Phi) is 4.77. The van der Waals surface area contributed by atoms with E-state index in [1.54, 1.807) is 0 Å². The van der Waals surface area contributed by atoms with Gasteiger partial charge in [-0.2, -0.15) is 0 Å². The summed E-state index contributed by atoms with van der Waals surface area (Å²) in [5.74, 6) is 0. The lowest BCUT2D eigenvalue weighted by atomic mass is 10.0. The van der Waals surface area contributed by atoms with Gasteiger partial charge in [-0.1, -0.05) is 78.9 Å². The molecule has 3 heterocycles. The highest BCUT2D eigenvalue weighted by Gasteiger charge is 2.31. The van der Waals surface area contributed by atoms with Crippen LogP contribution < -0.4 is 4.90 Å². The first-order valence-corrected chi connectivity index (χ1v) is 13.0. The standard InChI is InChI=1S/C34H29N3/c1-21-12-5-10-18-31(21)36-24(4)37-33-22(2)23(3)35-20-30(33)28-16-9-7-14-26(28)25-13-6-8-15-27(25)29-17-11-19-32(36)34(29)37/h5-20,24H,1-4H3/t24-/m1/s1. The van der Waals surface area contributed by atoms with E-state index in [0.29, 0.717) is 0 Å². The largest absolute Gasteiger partial charge is 0.318 e. The number of aromatic nitrogens is 2. The van der Waals surface area contributed by atoms with Crippen molar-refractivity contribution in [2.24, 2.45) is 0 Å². The van der Waals surface area contributed by atoms with Crippen molar-refractivity contribution in [1.29, 1.82) is 0 Å². The van der Waals surface area contributed by atoms with Crippen LogP contribution >= 0.6 is 0 Å². The van der Waals surface area contributed by atoms with Gasteiger partial charge in [0.1, 0.15) is 6.17 Å². The Morgan fingerprint density at radius 3 is 1.78 bits per heavy atom. The number of hydrogen-bond donors (Lipinski definition) is 0. The van der Waals surface area contributed by atoms with E-state index in [4.69, 9.17) is 4.98 Å². The fourth-order valence-electron chi connectivity index (χ4n) is 6.27. The normalized spacial score (nSPS) is 14.7. The van der Waals surface area contributed by atoms with Crippen LogP contribution in [0, 0.1) is 20.8 Å². The zero-order valence-electron chi connectivity index (χ0n) is 21.7. The minimum absolute atomic E-state index is 0.0777. The van der Waals surface area contributed by atoms with Crippen LogP contribution in [0.5, 0.6) is 0 Å². The molecule has 1 aliphatic rings. The van der Waals surface area contributed by atoms with Gasteiger partial charge in [0, 0.05) is 28.4 Å². The van der Waals surface area contributed by atoms with Crippen LogP contribution in [0.1, 0.15) is 29.9 Å². The van der Waals surface area contributed by atoms with E-state index in [1.807, 2.05) is 0 Å². The number of aryl methyl sites for hydroxylation is 3. The highest BCUT2D eigenvalue weighted by atomic mass is 15.3. The van der Waals surface area contributed by atoms with Gasteiger partial charge in [-0.05, 0) is 72.5 Å². The number of hydrogen-bond acceptors (Lipinski definition) is 2. The molecule has 0 saturated heterocycles. The van der Waals surface area contributed by atoms with E-state index in [2.05, 4.69) is 134 Å². The number of benzene rings is 4. The van der Waals surface area contributed by atoms with E-state index in [1.165, 1.54) is 65.9 Å². The monoisotopic (exact) mass is 479 g/mol. The molecule has 0 fully saturated rings. The topological polar surface area (TPSA) is 21.1 Å². The molecule has 0 unspecified atom stereocenters. The van der Waals surface area contributed by atoms with Crippen LogP contribution in [-0.4, -0.2) is 9.55 Å². The van der Waals surface area contributed by atoms with Crippen molar-refractivity contribution in [2.75, 3.05) is 4.90 Å². The second kappa shape index (κ2) is 8.07. The minimum Gasteiger partial charge on any atom is -0.318 e. The summed E-state index contributed by atoms with van der Waals surface area (Å²) in [6, 6.07) is 33.1. The third kappa shape index (κ3) is 3.04. The van der Waals surface area contributed by atoms with E-state index in [-0.39, 0.29) is 6.17 Å². The first-order valence-electron chi connectivity index (χ1n) is 13.0. The molecule has 7 rings (SSSR count). The van der Waals surface area contributed by atoms with Crippen molar-refractivity contribution >= 4 is 54.7 Å². The van der Waals surface area contributed by atoms with Gasteiger partial charge in [0.15, 0.2) is 0 Å². The summed E-state index contributed by atoms with van der Waals surface area (Å²) >= 11 is 0. The molecule has 3 nitrogen and oxygen atoms in total. The van der Waals surface area contributed by atoms with Gasteiger partial charge in [-0.3, -0.25) is 4.98 Å². The van der Waals surface area contributed by atoms with Crippen molar-refractivity contribution in [3.8, 4) is 0 Å². The van der Waals surface area contributed by atoms with E-state index < -0.39 is 0 Å². The predicted molar refractivity (Wildman–Crippen MR) is 157 cm³/mol. The van der Waals surface area contributed by atoms with Crippen molar-refractivity contribution < 1.29 is 0 Å². The zero-order valence-corrected chi connectivity index (χ0v) is 21.7. The highest BCUT2D eigenvalue weighted by molar-refractivity contribution is 6.21. The molecule has 2 aromatic heterocycles. The van der Waals surface area contributed by atoms with Crippen LogP contribution in [0.4, 0.5) is 11.4 Å². The van der Waals surface area contributed by atoms with Gasteiger partial charge in [0.25, 0.3) is 0 Å². The molecule has 0 N–H and O–H groups in total. The molecule has 4 aromatic carbocycles. The van der Waals surface area contributed by atoms with E-state index in [9.17, 15) is 0 Å². The summed E-state index contributed by atoms with van der Waals surface area (Å²) in [6.45, 7) is 8.87. The van der Waals surface area contributed by atoms with Crippen molar-refractivity contribution in [3.05, 3.63) is 114 Å². The minimum atomic E-state index is 0.0777. The molecule has 0 amide bonds. The highest BCUT2D eigenvalue weighted by Crippen LogP contribution is 2.47. The van der Waals surface area contributed by atoms with Gasteiger partial charge in [-0.15, -0.1) is 0 Å². The fraction of sp³-hybridized carbons (Fsp3) is 0.147. The molecule has 6 aromatic rings. The molecular formula is C34H29N3. The molecular weight excluding hydrogens is 450 g/mol. The lowest BCUT2D eigenvalue weighted by molar-refractivity contribution is 0.615. The number of fused-ring (bicyclic) bond motifs is 7. The Labute approximate surface area is 216 Å². The molecule has 3 heteroatoms. The predicted octanol–water partition coefficient (Wildman–Crippen LogP) is 9.22. The second-order valence-electron chi connectivity index (χ2n) is 10.2. The molecule has 180 valence electrons. The summed E-state index contributed by atoms with van der Waals surface area (Å²) in [5.41, 5.74) is 8.53. The van der Waals surface area contributed by atoms with Crippen LogP contribution in [-0.2, 0) is 0 Å². The Balaban J connectivity index is 1.85.